The van der Waals surface area contributed by atoms with Crippen LogP contribution in [0.1, 0.15) is 25.2 Å². The summed E-state index contributed by atoms with van der Waals surface area (Å²) in [4.78, 5) is 10.9. The molecule has 0 fully saturated rings. The molecule has 1 aromatic heterocycles. The van der Waals surface area contributed by atoms with Crippen molar-refractivity contribution in [3.8, 4) is 0 Å². The minimum atomic E-state index is 0.588. The second kappa shape index (κ2) is 8.73. The van der Waals surface area contributed by atoms with Crippen LogP contribution in [0.2, 0.25) is 5.02 Å². The number of hydrogen-bond acceptors (Lipinski definition) is 2. The summed E-state index contributed by atoms with van der Waals surface area (Å²) in [6, 6.07) is 7.87. The zero-order valence-electron chi connectivity index (χ0n) is 14.8. The molecule has 0 aliphatic carbocycles. The zero-order chi connectivity index (χ0) is 17.5. The van der Waals surface area contributed by atoms with E-state index in [-0.39, 0.29) is 0 Å². The van der Waals surface area contributed by atoms with E-state index in [9.17, 15) is 0 Å². The van der Waals surface area contributed by atoms with E-state index in [1.54, 1.807) is 7.05 Å². The van der Waals surface area contributed by atoms with Gasteiger partial charge in [-0.05, 0) is 23.6 Å². The van der Waals surface area contributed by atoms with Gasteiger partial charge in [0.15, 0.2) is 5.96 Å². The largest absolute Gasteiger partial charge is 0.349 e. The fourth-order valence-corrected chi connectivity index (χ4v) is 2.67. The summed E-state index contributed by atoms with van der Waals surface area (Å²) in [6.07, 6.45) is 3.87. The van der Waals surface area contributed by atoms with Gasteiger partial charge in [-0.3, -0.25) is 4.99 Å². The Kier molecular flexibility index (Phi) is 6.67. The molecule has 5 nitrogen and oxygen atoms in total. The molecule has 0 bridgehead atoms. The van der Waals surface area contributed by atoms with Crippen molar-refractivity contribution in [1.82, 2.24) is 19.8 Å². The van der Waals surface area contributed by atoms with E-state index in [1.165, 1.54) is 5.56 Å². The summed E-state index contributed by atoms with van der Waals surface area (Å²) in [5, 5.41) is 4.13. The Hall–Kier alpha value is -2.01. The van der Waals surface area contributed by atoms with Gasteiger partial charge < -0.3 is 14.8 Å². The average Bonchev–Trinajstić information content (AvgIpc) is 2.96. The van der Waals surface area contributed by atoms with Crippen LogP contribution < -0.4 is 5.32 Å². The number of nitrogens with one attached hydrogen (secondary N) is 1. The lowest BCUT2D eigenvalue weighted by Crippen LogP contribution is -2.38. The second-order valence-corrected chi connectivity index (χ2v) is 6.71. The highest BCUT2D eigenvalue weighted by molar-refractivity contribution is 6.30. The third-order valence-corrected chi connectivity index (χ3v) is 3.93. The lowest BCUT2D eigenvalue weighted by Gasteiger charge is -2.22. The summed E-state index contributed by atoms with van der Waals surface area (Å²) < 4.78 is 2.18. The lowest BCUT2D eigenvalue weighted by molar-refractivity contribution is 0.468. The zero-order valence-corrected chi connectivity index (χ0v) is 15.6. The van der Waals surface area contributed by atoms with Crippen molar-refractivity contribution in [1.29, 1.82) is 0 Å². The highest BCUT2D eigenvalue weighted by Crippen LogP contribution is 2.11. The third kappa shape index (κ3) is 5.27. The van der Waals surface area contributed by atoms with Gasteiger partial charge in [0.05, 0.1) is 6.54 Å². The highest BCUT2D eigenvalue weighted by Gasteiger charge is 2.09. The van der Waals surface area contributed by atoms with Crippen molar-refractivity contribution in [2.45, 2.75) is 33.5 Å². The van der Waals surface area contributed by atoms with Crippen LogP contribution in [0.15, 0.2) is 41.7 Å². The maximum absolute atomic E-state index is 5.94. The standard InChI is InChI=1S/C18H26ClN5/c1-14(2)12-24-10-9-21-17(24)11-22-18(20-3)23(4)13-15-5-7-16(19)8-6-15/h5-10,14H,11-13H2,1-4H3,(H,20,22). The normalized spacial score (nSPS) is 11.8. The maximum atomic E-state index is 5.94. The van der Waals surface area contributed by atoms with Crippen LogP contribution in [0.4, 0.5) is 0 Å². The fourth-order valence-electron chi connectivity index (χ4n) is 2.55. The first kappa shape index (κ1) is 18.3. The van der Waals surface area contributed by atoms with E-state index in [2.05, 4.69) is 38.6 Å². The predicted octanol–water partition coefficient (Wildman–Crippen LogP) is 3.40. The van der Waals surface area contributed by atoms with E-state index >= 15 is 0 Å². The topological polar surface area (TPSA) is 45.5 Å². The second-order valence-electron chi connectivity index (χ2n) is 6.27. The Morgan fingerprint density at radius 3 is 2.67 bits per heavy atom. The summed E-state index contributed by atoms with van der Waals surface area (Å²) in [5.41, 5.74) is 1.19. The quantitative estimate of drug-likeness (QED) is 0.643. The van der Waals surface area contributed by atoms with E-state index in [1.807, 2.05) is 43.7 Å². The number of nitrogens with zero attached hydrogens (tertiary/aromatic N) is 4. The van der Waals surface area contributed by atoms with Crippen molar-refractivity contribution in [3.05, 3.63) is 53.1 Å². The van der Waals surface area contributed by atoms with Crippen molar-refractivity contribution < 1.29 is 0 Å². The molecule has 130 valence electrons. The van der Waals surface area contributed by atoms with Crippen LogP contribution in [0.5, 0.6) is 0 Å². The molecule has 6 heteroatoms. The van der Waals surface area contributed by atoms with Crippen LogP contribution in [-0.4, -0.2) is 34.5 Å². The van der Waals surface area contributed by atoms with Gasteiger partial charge in [0.25, 0.3) is 0 Å². The molecule has 24 heavy (non-hydrogen) atoms. The predicted molar refractivity (Wildman–Crippen MR) is 100 cm³/mol. The molecular weight excluding hydrogens is 322 g/mol. The van der Waals surface area contributed by atoms with Crippen molar-refractivity contribution in [2.24, 2.45) is 10.9 Å². The Bertz CT molecular complexity index is 660. The maximum Gasteiger partial charge on any atom is 0.194 e. The van der Waals surface area contributed by atoms with Crippen LogP contribution in [-0.2, 0) is 19.6 Å². The summed E-state index contributed by atoms with van der Waals surface area (Å²) >= 11 is 5.94. The molecule has 0 amide bonds. The smallest absolute Gasteiger partial charge is 0.194 e. The number of aliphatic imine (C=N–C) groups is 1. The van der Waals surface area contributed by atoms with Crippen molar-refractivity contribution in [2.75, 3.05) is 14.1 Å². The molecule has 0 saturated carbocycles. The van der Waals surface area contributed by atoms with Gasteiger partial charge in [0, 0.05) is 44.6 Å². The van der Waals surface area contributed by atoms with E-state index < -0.39 is 0 Å². The molecule has 0 atom stereocenters. The molecule has 0 spiro atoms. The first-order valence-electron chi connectivity index (χ1n) is 8.15. The monoisotopic (exact) mass is 347 g/mol. The SMILES string of the molecule is CN=C(NCc1nccn1CC(C)C)N(C)Cc1ccc(Cl)cc1. The highest BCUT2D eigenvalue weighted by atomic mass is 35.5. The Balaban J connectivity index is 1.94. The molecule has 0 aliphatic heterocycles. The molecular formula is C18H26ClN5. The van der Waals surface area contributed by atoms with Gasteiger partial charge in [0.1, 0.15) is 5.82 Å². The van der Waals surface area contributed by atoms with E-state index in [4.69, 9.17) is 11.6 Å². The van der Waals surface area contributed by atoms with Crippen molar-refractivity contribution >= 4 is 17.6 Å². The van der Waals surface area contributed by atoms with Gasteiger partial charge in [-0.2, -0.15) is 0 Å². The molecule has 1 heterocycles. The lowest BCUT2D eigenvalue weighted by atomic mass is 10.2. The van der Waals surface area contributed by atoms with Crippen molar-refractivity contribution in [3.63, 3.8) is 0 Å². The number of imidazole rings is 1. The first-order chi connectivity index (χ1) is 11.5. The minimum absolute atomic E-state index is 0.588. The molecule has 2 aromatic rings. The number of benzene rings is 1. The molecule has 0 saturated heterocycles. The number of halogens is 1. The fraction of sp³-hybridized carbons (Fsp3) is 0.444. The Morgan fingerprint density at radius 1 is 1.33 bits per heavy atom. The van der Waals surface area contributed by atoms with Crippen LogP contribution in [0, 0.1) is 5.92 Å². The third-order valence-electron chi connectivity index (χ3n) is 3.67. The van der Waals surface area contributed by atoms with Gasteiger partial charge in [-0.15, -0.1) is 0 Å². The van der Waals surface area contributed by atoms with Gasteiger partial charge in [-0.1, -0.05) is 37.6 Å². The van der Waals surface area contributed by atoms with Crippen LogP contribution >= 0.6 is 11.6 Å². The average molecular weight is 348 g/mol. The number of hydrogen-bond donors (Lipinski definition) is 1. The van der Waals surface area contributed by atoms with Crippen LogP contribution in [0.3, 0.4) is 0 Å². The van der Waals surface area contributed by atoms with Crippen LogP contribution in [0.25, 0.3) is 0 Å². The number of guanidine groups is 1. The Labute approximate surface area is 149 Å². The number of aromatic nitrogens is 2. The van der Waals surface area contributed by atoms with E-state index in [0.717, 1.165) is 29.9 Å². The molecule has 2 rings (SSSR count). The first-order valence-corrected chi connectivity index (χ1v) is 8.53. The van der Waals surface area contributed by atoms with E-state index in [0.29, 0.717) is 12.5 Å². The summed E-state index contributed by atoms with van der Waals surface area (Å²) in [5.74, 6) is 2.44. The van der Waals surface area contributed by atoms with Gasteiger partial charge in [-0.25, -0.2) is 4.98 Å². The summed E-state index contributed by atoms with van der Waals surface area (Å²) in [6.45, 7) is 6.79. The van der Waals surface area contributed by atoms with Gasteiger partial charge >= 0.3 is 0 Å². The number of rotatable bonds is 6. The van der Waals surface area contributed by atoms with Gasteiger partial charge in [0.2, 0.25) is 0 Å². The molecule has 0 aliphatic rings. The minimum Gasteiger partial charge on any atom is -0.349 e. The summed E-state index contributed by atoms with van der Waals surface area (Å²) in [7, 11) is 3.81. The molecule has 0 radical (unpaired) electrons. The molecule has 1 N–H and O–H groups in total. The Morgan fingerprint density at radius 2 is 2.04 bits per heavy atom. The molecule has 0 unspecified atom stereocenters. The molecule has 1 aromatic carbocycles.